The summed E-state index contributed by atoms with van der Waals surface area (Å²) in [5.41, 5.74) is 9.17. The highest BCUT2D eigenvalue weighted by molar-refractivity contribution is 5.85. The van der Waals surface area contributed by atoms with E-state index in [4.69, 9.17) is 11.6 Å². The first-order valence-electron chi connectivity index (χ1n) is 9.44. The molecular weight excluding hydrogens is 336 g/mol. The summed E-state index contributed by atoms with van der Waals surface area (Å²) in [6.07, 6.45) is 2.41. The Kier molecular flexibility index (Phi) is 7.86. The Morgan fingerprint density at radius 1 is 1.00 bits per heavy atom. The summed E-state index contributed by atoms with van der Waals surface area (Å²) in [5.74, 6) is 5.88. The molecule has 0 spiro atoms. The third kappa shape index (κ3) is 7.13. The summed E-state index contributed by atoms with van der Waals surface area (Å²) in [4.78, 5) is 12.2. The van der Waals surface area contributed by atoms with Crippen molar-refractivity contribution < 1.29 is 4.79 Å². The van der Waals surface area contributed by atoms with Crippen LogP contribution in [0.25, 0.3) is 11.1 Å². The van der Waals surface area contributed by atoms with Crippen LogP contribution in [0.3, 0.4) is 0 Å². The van der Waals surface area contributed by atoms with E-state index in [1.54, 1.807) is 0 Å². The van der Waals surface area contributed by atoms with E-state index in [2.05, 4.69) is 60.7 Å². The molecule has 0 aromatic heterocycles. The van der Waals surface area contributed by atoms with Crippen molar-refractivity contribution >= 4 is 11.7 Å². The highest BCUT2D eigenvalue weighted by atomic mass is 16.1. The Morgan fingerprint density at radius 3 is 2.22 bits per heavy atom. The van der Waals surface area contributed by atoms with Crippen LogP contribution >= 0.6 is 0 Å². The summed E-state index contributed by atoms with van der Waals surface area (Å²) in [6.45, 7) is 4.33. The molecule has 5 N–H and O–H groups in total. The Balaban J connectivity index is 1.99. The maximum absolute atomic E-state index is 12.2. The van der Waals surface area contributed by atoms with Gasteiger partial charge in [0, 0.05) is 18.9 Å². The average Bonchev–Trinajstić information content (AvgIpc) is 2.66. The second-order valence-electron chi connectivity index (χ2n) is 7.28. The topological polar surface area (TPSA) is 93.5 Å². The molecule has 5 heteroatoms. The van der Waals surface area contributed by atoms with Gasteiger partial charge in [0.05, 0.1) is 0 Å². The van der Waals surface area contributed by atoms with Gasteiger partial charge in [-0.1, -0.05) is 68.4 Å². The van der Waals surface area contributed by atoms with Gasteiger partial charge in [-0.15, -0.1) is 0 Å². The molecule has 144 valence electrons. The van der Waals surface area contributed by atoms with Crippen molar-refractivity contribution in [2.45, 2.75) is 45.6 Å². The molecule has 0 saturated heterocycles. The lowest BCUT2D eigenvalue weighted by molar-refractivity contribution is -0.121. The maximum Gasteiger partial charge on any atom is 0.220 e. The highest BCUT2D eigenvalue weighted by Gasteiger charge is 2.15. The predicted molar refractivity (Wildman–Crippen MR) is 112 cm³/mol. The molecule has 1 atom stereocenters. The quantitative estimate of drug-likeness (QED) is 0.275. The van der Waals surface area contributed by atoms with E-state index in [0.717, 1.165) is 12.8 Å². The van der Waals surface area contributed by atoms with E-state index in [1.807, 2.05) is 18.2 Å². The molecule has 1 amide bonds. The first-order chi connectivity index (χ1) is 13.0. The molecule has 1 unspecified atom stereocenters. The third-order valence-corrected chi connectivity index (χ3v) is 4.44. The fourth-order valence-corrected chi connectivity index (χ4v) is 3.12. The molecule has 2 aromatic rings. The Morgan fingerprint density at radius 2 is 1.63 bits per heavy atom. The molecule has 0 radical (unpaired) electrons. The van der Waals surface area contributed by atoms with Crippen molar-refractivity contribution in [3.63, 3.8) is 0 Å². The lowest BCUT2D eigenvalue weighted by Crippen LogP contribution is -2.37. The van der Waals surface area contributed by atoms with E-state index in [0.29, 0.717) is 24.6 Å². The first-order valence-corrected chi connectivity index (χ1v) is 9.44. The zero-order valence-electron chi connectivity index (χ0n) is 16.2. The van der Waals surface area contributed by atoms with Crippen LogP contribution in [0, 0.1) is 5.92 Å². The zero-order chi connectivity index (χ0) is 19.6. The van der Waals surface area contributed by atoms with Gasteiger partial charge in [0.2, 0.25) is 5.91 Å². The van der Waals surface area contributed by atoms with Crippen LogP contribution in [0.5, 0.6) is 0 Å². The zero-order valence-corrected chi connectivity index (χ0v) is 16.2. The van der Waals surface area contributed by atoms with Crippen molar-refractivity contribution in [1.29, 1.82) is 0 Å². The molecular formula is C22H30N4O. The number of carbonyl (C=O) groups excluding carboxylic acids is 1. The molecule has 2 rings (SSSR count). The van der Waals surface area contributed by atoms with Gasteiger partial charge in [0.1, 0.15) is 5.84 Å². The van der Waals surface area contributed by atoms with Crippen LogP contribution in [-0.2, 0) is 11.2 Å². The van der Waals surface area contributed by atoms with Crippen molar-refractivity contribution in [2.24, 2.45) is 22.6 Å². The number of hydrazone groups is 1. The summed E-state index contributed by atoms with van der Waals surface area (Å²) in [6, 6.07) is 19.0. The molecule has 2 aromatic carbocycles. The van der Waals surface area contributed by atoms with Gasteiger partial charge in [-0.3, -0.25) is 4.79 Å². The number of hydrogen-bond donors (Lipinski definition) is 3. The van der Waals surface area contributed by atoms with Gasteiger partial charge in [-0.25, -0.2) is 0 Å². The van der Waals surface area contributed by atoms with Crippen molar-refractivity contribution in [1.82, 2.24) is 5.32 Å². The number of carbonyl (C=O) groups is 1. The van der Waals surface area contributed by atoms with E-state index in [9.17, 15) is 4.79 Å². The Bertz CT molecular complexity index is 739. The average molecular weight is 367 g/mol. The van der Waals surface area contributed by atoms with Crippen LogP contribution in [0.1, 0.15) is 38.7 Å². The maximum atomic E-state index is 12.2. The van der Waals surface area contributed by atoms with E-state index < -0.39 is 0 Å². The van der Waals surface area contributed by atoms with Gasteiger partial charge >= 0.3 is 0 Å². The van der Waals surface area contributed by atoms with Gasteiger partial charge in [-0.2, -0.15) is 5.10 Å². The van der Waals surface area contributed by atoms with Crippen LogP contribution in [0.15, 0.2) is 59.7 Å². The SMILES string of the molecule is CC(C)CC(Cc1ccc(-c2ccccc2)cc1)NC(=O)CC/C(N)=N/N. The van der Waals surface area contributed by atoms with Crippen molar-refractivity contribution in [2.75, 3.05) is 0 Å². The Hall–Kier alpha value is -2.82. The van der Waals surface area contributed by atoms with Gasteiger partial charge in [-0.05, 0) is 35.4 Å². The Labute approximate surface area is 161 Å². The number of rotatable bonds is 9. The standard InChI is InChI=1S/C22H30N4O/c1-16(2)14-20(25-22(27)13-12-21(23)26-24)15-17-8-10-19(11-9-17)18-6-4-3-5-7-18/h3-11,16,20H,12-15,24H2,1-2H3,(H2,23,26)(H,25,27). The summed E-state index contributed by atoms with van der Waals surface area (Å²) in [7, 11) is 0. The molecule has 27 heavy (non-hydrogen) atoms. The van der Waals surface area contributed by atoms with E-state index >= 15 is 0 Å². The first kappa shape index (κ1) is 20.5. The van der Waals surface area contributed by atoms with Crippen LogP contribution < -0.4 is 16.9 Å². The van der Waals surface area contributed by atoms with Gasteiger partial charge in [0.15, 0.2) is 0 Å². The van der Waals surface area contributed by atoms with Gasteiger partial charge in [0.25, 0.3) is 0 Å². The predicted octanol–water partition coefficient (Wildman–Crippen LogP) is 3.44. The van der Waals surface area contributed by atoms with Crippen molar-refractivity contribution in [3.8, 4) is 11.1 Å². The number of nitrogens with two attached hydrogens (primary N) is 2. The highest BCUT2D eigenvalue weighted by Crippen LogP contribution is 2.20. The molecule has 0 aliphatic rings. The third-order valence-electron chi connectivity index (χ3n) is 4.44. The van der Waals surface area contributed by atoms with Crippen molar-refractivity contribution in [3.05, 3.63) is 60.2 Å². The smallest absolute Gasteiger partial charge is 0.220 e. The van der Waals surface area contributed by atoms with Crippen LogP contribution in [0.4, 0.5) is 0 Å². The molecule has 0 bridgehead atoms. The minimum atomic E-state index is -0.0202. The van der Waals surface area contributed by atoms with Crippen LogP contribution in [-0.4, -0.2) is 17.8 Å². The second-order valence-corrected chi connectivity index (χ2v) is 7.28. The summed E-state index contributed by atoms with van der Waals surface area (Å²) >= 11 is 0. The minimum absolute atomic E-state index is 0.0202. The molecule has 0 saturated carbocycles. The molecule has 0 fully saturated rings. The van der Waals surface area contributed by atoms with E-state index in [1.165, 1.54) is 16.7 Å². The van der Waals surface area contributed by atoms with Gasteiger partial charge < -0.3 is 16.9 Å². The molecule has 5 nitrogen and oxygen atoms in total. The summed E-state index contributed by atoms with van der Waals surface area (Å²) < 4.78 is 0. The number of benzene rings is 2. The number of amidine groups is 1. The molecule has 0 aliphatic heterocycles. The fraction of sp³-hybridized carbons (Fsp3) is 0.364. The largest absolute Gasteiger partial charge is 0.386 e. The van der Waals surface area contributed by atoms with E-state index in [-0.39, 0.29) is 11.9 Å². The second kappa shape index (κ2) is 10.4. The monoisotopic (exact) mass is 366 g/mol. The number of nitrogens with one attached hydrogen (secondary N) is 1. The lowest BCUT2D eigenvalue weighted by atomic mass is 9.95. The lowest BCUT2D eigenvalue weighted by Gasteiger charge is -2.21. The number of hydrogen-bond acceptors (Lipinski definition) is 3. The normalized spacial score (nSPS) is 12.8. The number of nitrogens with zero attached hydrogens (tertiary/aromatic N) is 1. The van der Waals surface area contributed by atoms with Crippen LogP contribution in [0.2, 0.25) is 0 Å². The number of amides is 1. The summed E-state index contributed by atoms with van der Waals surface area (Å²) in [5, 5.41) is 6.54. The fourth-order valence-electron chi connectivity index (χ4n) is 3.12. The molecule has 0 aliphatic carbocycles. The minimum Gasteiger partial charge on any atom is -0.386 e. The molecule has 0 heterocycles.